The van der Waals surface area contributed by atoms with Crippen LogP contribution in [0.2, 0.25) is 0 Å². The van der Waals surface area contributed by atoms with Crippen molar-refractivity contribution < 1.29 is 19.4 Å². The van der Waals surface area contributed by atoms with Crippen molar-refractivity contribution in [2.45, 2.75) is 0 Å². The number of carbonyl (C=O) groups is 1. The van der Waals surface area contributed by atoms with Gasteiger partial charge in [-0.2, -0.15) is 0 Å². The molecule has 0 aliphatic heterocycles. The van der Waals surface area contributed by atoms with E-state index in [4.69, 9.17) is 14.6 Å². The smallest absolute Gasteiger partial charge is 0.337 e. The minimum atomic E-state index is -1.02. The molecule has 0 aliphatic rings. The lowest BCUT2D eigenvalue weighted by molar-refractivity contribution is 0.0697. The molecule has 1 aromatic carbocycles. The molecule has 2 aromatic rings. The van der Waals surface area contributed by atoms with Gasteiger partial charge in [0, 0.05) is 11.8 Å². The molecule has 5 nitrogen and oxygen atoms in total. The van der Waals surface area contributed by atoms with Gasteiger partial charge in [-0.1, -0.05) is 0 Å². The van der Waals surface area contributed by atoms with E-state index in [1.807, 2.05) is 0 Å². The topological polar surface area (TPSA) is 68.7 Å². The van der Waals surface area contributed by atoms with Crippen molar-refractivity contribution in [1.82, 2.24) is 4.98 Å². The number of ether oxygens (including phenoxy) is 2. The van der Waals surface area contributed by atoms with Crippen LogP contribution in [0.15, 0.2) is 36.5 Å². The van der Waals surface area contributed by atoms with Crippen molar-refractivity contribution in [1.29, 1.82) is 0 Å². The molecule has 19 heavy (non-hydrogen) atoms. The van der Waals surface area contributed by atoms with Crippen LogP contribution in [0.25, 0.3) is 11.3 Å². The van der Waals surface area contributed by atoms with Crippen molar-refractivity contribution in [2.24, 2.45) is 0 Å². The predicted octanol–water partition coefficient (Wildman–Crippen LogP) is 2.46. The number of benzene rings is 1. The Hall–Kier alpha value is -2.56. The molecule has 1 N–H and O–H groups in total. The standard InChI is InChI=1S/C14H13NO4/c1-18-11-6-5-9(8-12(11)19-2)13-10(14(16)17)4-3-7-15-13/h3-8H,1-2H3,(H,16,17). The van der Waals surface area contributed by atoms with Gasteiger partial charge < -0.3 is 14.6 Å². The lowest BCUT2D eigenvalue weighted by Gasteiger charge is -2.10. The second-order valence-corrected chi connectivity index (χ2v) is 3.77. The maximum absolute atomic E-state index is 11.2. The number of aromatic nitrogens is 1. The third-order valence-electron chi connectivity index (χ3n) is 2.70. The van der Waals surface area contributed by atoms with E-state index in [9.17, 15) is 4.79 Å². The molecule has 0 bridgehead atoms. The number of pyridine rings is 1. The first-order valence-electron chi connectivity index (χ1n) is 5.58. The van der Waals surface area contributed by atoms with Crippen molar-refractivity contribution in [3.8, 4) is 22.8 Å². The molecule has 0 unspecified atom stereocenters. The van der Waals surface area contributed by atoms with E-state index in [1.165, 1.54) is 13.2 Å². The molecular formula is C14H13NO4. The number of rotatable bonds is 4. The van der Waals surface area contributed by atoms with Crippen LogP contribution < -0.4 is 9.47 Å². The van der Waals surface area contributed by atoms with Gasteiger partial charge in [0.15, 0.2) is 11.5 Å². The maximum atomic E-state index is 11.2. The van der Waals surface area contributed by atoms with Crippen LogP contribution in [0.1, 0.15) is 10.4 Å². The summed E-state index contributed by atoms with van der Waals surface area (Å²) in [6.45, 7) is 0. The average Bonchev–Trinajstić information content (AvgIpc) is 2.46. The Kier molecular flexibility index (Phi) is 3.66. The summed E-state index contributed by atoms with van der Waals surface area (Å²) in [5, 5.41) is 9.16. The highest BCUT2D eigenvalue weighted by Crippen LogP contribution is 2.32. The zero-order chi connectivity index (χ0) is 13.8. The van der Waals surface area contributed by atoms with E-state index in [2.05, 4.69) is 4.98 Å². The lowest BCUT2D eigenvalue weighted by atomic mass is 10.1. The van der Waals surface area contributed by atoms with Crippen LogP contribution in [0.3, 0.4) is 0 Å². The monoisotopic (exact) mass is 259 g/mol. The molecule has 0 amide bonds. The Labute approximate surface area is 110 Å². The van der Waals surface area contributed by atoms with Gasteiger partial charge in [0.2, 0.25) is 0 Å². The van der Waals surface area contributed by atoms with Gasteiger partial charge in [-0.3, -0.25) is 4.98 Å². The van der Waals surface area contributed by atoms with Gasteiger partial charge >= 0.3 is 5.97 Å². The molecule has 1 aromatic heterocycles. The average molecular weight is 259 g/mol. The molecule has 98 valence electrons. The lowest BCUT2D eigenvalue weighted by Crippen LogP contribution is -2.01. The van der Waals surface area contributed by atoms with E-state index in [1.54, 1.807) is 37.6 Å². The van der Waals surface area contributed by atoms with Gasteiger partial charge in [-0.15, -0.1) is 0 Å². The Bertz CT molecular complexity index is 610. The first-order chi connectivity index (χ1) is 9.17. The number of nitrogens with zero attached hydrogens (tertiary/aromatic N) is 1. The molecule has 0 fully saturated rings. The van der Waals surface area contributed by atoms with Crippen LogP contribution in [-0.2, 0) is 0 Å². The Morgan fingerprint density at radius 3 is 2.53 bits per heavy atom. The summed E-state index contributed by atoms with van der Waals surface area (Å²) in [5.41, 5.74) is 1.21. The first kappa shape index (κ1) is 12.9. The summed E-state index contributed by atoms with van der Waals surface area (Å²) in [6.07, 6.45) is 1.55. The maximum Gasteiger partial charge on any atom is 0.337 e. The molecule has 0 radical (unpaired) electrons. The number of aromatic carboxylic acids is 1. The fourth-order valence-corrected chi connectivity index (χ4v) is 1.79. The SMILES string of the molecule is COc1ccc(-c2ncccc2C(=O)O)cc1OC. The van der Waals surface area contributed by atoms with E-state index in [-0.39, 0.29) is 5.56 Å². The van der Waals surface area contributed by atoms with E-state index in [0.29, 0.717) is 22.8 Å². The molecule has 0 atom stereocenters. The van der Waals surface area contributed by atoms with Gasteiger partial charge in [0.1, 0.15) is 0 Å². The predicted molar refractivity (Wildman–Crippen MR) is 69.7 cm³/mol. The molecule has 0 aliphatic carbocycles. The zero-order valence-corrected chi connectivity index (χ0v) is 10.6. The normalized spacial score (nSPS) is 10.0. The summed E-state index contributed by atoms with van der Waals surface area (Å²) >= 11 is 0. The Morgan fingerprint density at radius 1 is 1.16 bits per heavy atom. The fraction of sp³-hybridized carbons (Fsp3) is 0.143. The minimum Gasteiger partial charge on any atom is -0.493 e. The first-order valence-corrected chi connectivity index (χ1v) is 5.58. The van der Waals surface area contributed by atoms with Crippen LogP contribution in [-0.4, -0.2) is 30.3 Å². The number of methoxy groups -OCH3 is 2. The summed E-state index contributed by atoms with van der Waals surface area (Å²) in [4.78, 5) is 15.3. The summed E-state index contributed by atoms with van der Waals surface area (Å²) in [7, 11) is 3.07. The van der Waals surface area contributed by atoms with Crippen molar-refractivity contribution in [2.75, 3.05) is 14.2 Å². The third kappa shape index (κ3) is 2.49. The highest BCUT2D eigenvalue weighted by Gasteiger charge is 2.14. The molecule has 0 saturated carbocycles. The molecule has 1 heterocycles. The second-order valence-electron chi connectivity index (χ2n) is 3.77. The fourth-order valence-electron chi connectivity index (χ4n) is 1.79. The summed E-state index contributed by atoms with van der Waals surface area (Å²) < 4.78 is 10.3. The second kappa shape index (κ2) is 5.39. The Balaban J connectivity index is 2.56. The number of carboxylic acid groups (broad SMARTS) is 1. The zero-order valence-electron chi connectivity index (χ0n) is 10.6. The van der Waals surface area contributed by atoms with E-state index in [0.717, 1.165) is 0 Å². The van der Waals surface area contributed by atoms with Crippen LogP contribution in [0, 0.1) is 0 Å². The quantitative estimate of drug-likeness (QED) is 0.913. The van der Waals surface area contributed by atoms with E-state index < -0.39 is 5.97 Å². The highest BCUT2D eigenvalue weighted by atomic mass is 16.5. The number of hydrogen-bond acceptors (Lipinski definition) is 4. The third-order valence-corrected chi connectivity index (χ3v) is 2.70. The molecule has 2 rings (SSSR count). The van der Waals surface area contributed by atoms with Gasteiger partial charge in [0.05, 0.1) is 25.5 Å². The highest BCUT2D eigenvalue weighted by molar-refractivity contribution is 5.94. The van der Waals surface area contributed by atoms with Gasteiger partial charge in [-0.05, 0) is 30.3 Å². The minimum absolute atomic E-state index is 0.148. The Morgan fingerprint density at radius 2 is 1.89 bits per heavy atom. The van der Waals surface area contributed by atoms with Crippen LogP contribution in [0.4, 0.5) is 0 Å². The molecule has 5 heteroatoms. The van der Waals surface area contributed by atoms with Gasteiger partial charge in [0.25, 0.3) is 0 Å². The van der Waals surface area contributed by atoms with Gasteiger partial charge in [-0.25, -0.2) is 4.79 Å². The largest absolute Gasteiger partial charge is 0.493 e. The van der Waals surface area contributed by atoms with E-state index >= 15 is 0 Å². The van der Waals surface area contributed by atoms with Crippen molar-refractivity contribution >= 4 is 5.97 Å². The molecule has 0 saturated heterocycles. The molecular weight excluding hydrogens is 246 g/mol. The summed E-state index contributed by atoms with van der Waals surface area (Å²) in [5.74, 6) is 0.0962. The van der Waals surface area contributed by atoms with Crippen molar-refractivity contribution in [3.05, 3.63) is 42.1 Å². The van der Waals surface area contributed by atoms with Crippen molar-refractivity contribution in [3.63, 3.8) is 0 Å². The van der Waals surface area contributed by atoms with Crippen LogP contribution >= 0.6 is 0 Å². The van der Waals surface area contributed by atoms with Crippen LogP contribution in [0.5, 0.6) is 11.5 Å². The number of carboxylic acids is 1. The summed E-state index contributed by atoms with van der Waals surface area (Å²) in [6, 6.07) is 8.27. The molecule has 0 spiro atoms. The number of hydrogen-bond donors (Lipinski definition) is 1.